The Kier molecular flexibility index (Phi) is 4.20. The summed E-state index contributed by atoms with van der Waals surface area (Å²) in [5.41, 5.74) is 0.941. The predicted molar refractivity (Wildman–Crippen MR) is 59.3 cm³/mol. The molecule has 1 aromatic carbocycles. The van der Waals surface area contributed by atoms with Gasteiger partial charge in [0.25, 0.3) is 0 Å². The van der Waals surface area contributed by atoms with Gasteiger partial charge < -0.3 is 10.4 Å². The van der Waals surface area contributed by atoms with E-state index in [4.69, 9.17) is 0 Å². The Morgan fingerprint density at radius 1 is 1.50 bits per heavy atom. The standard InChI is InChI=1S/C12H17NO/c1-3-4-9-13-10(2)11-7-5-6-8-12(11)14/h3,5-8,10,13-14H,1,4,9H2,2H3. The van der Waals surface area contributed by atoms with E-state index >= 15 is 0 Å². The molecule has 0 aliphatic heterocycles. The fourth-order valence-corrected chi connectivity index (χ4v) is 1.37. The second-order valence-electron chi connectivity index (χ2n) is 3.31. The molecule has 0 heterocycles. The molecule has 1 rings (SSSR count). The molecule has 0 saturated carbocycles. The number of benzene rings is 1. The van der Waals surface area contributed by atoms with Crippen LogP contribution in [0.15, 0.2) is 36.9 Å². The first-order valence-corrected chi connectivity index (χ1v) is 4.88. The van der Waals surface area contributed by atoms with Crippen molar-refractivity contribution in [1.29, 1.82) is 0 Å². The zero-order valence-electron chi connectivity index (χ0n) is 8.53. The van der Waals surface area contributed by atoms with Gasteiger partial charge in [-0.15, -0.1) is 6.58 Å². The number of phenols is 1. The van der Waals surface area contributed by atoms with Crippen LogP contribution in [0, 0.1) is 0 Å². The zero-order chi connectivity index (χ0) is 10.4. The smallest absolute Gasteiger partial charge is 0.120 e. The quantitative estimate of drug-likeness (QED) is 0.554. The normalized spacial score (nSPS) is 12.4. The third-order valence-electron chi connectivity index (χ3n) is 2.20. The predicted octanol–water partition coefficient (Wildman–Crippen LogP) is 2.62. The van der Waals surface area contributed by atoms with Crippen LogP contribution in [0.5, 0.6) is 5.75 Å². The number of nitrogens with one attached hydrogen (secondary N) is 1. The van der Waals surface area contributed by atoms with Gasteiger partial charge in [-0.25, -0.2) is 0 Å². The number of phenolic OH excluding ortho intramolecular Hbond substituents is 1. The lowest BCUT2D eigenvalue weighted by molar-refractivity contribution is 0.453. The Morgan fingerprint density at radius 3 is 2.86 bits per heavy atom. The summed E-state index contributed by atoms with van der Waals surface area (Å²) in [6.45, 7) is 6.59. The molecule has 1 atom stereocenters. The van der Waals surface area contributed by atoms with Gasteiger partial charge in [0, 0.05) is 11.6 Å². The second-order valence-corrected chi connectivity index (χ2v) is 3.31. The highest BCUT2D eigenvalue weighted by Crippen LogP contribution is 2.22. The number of hydrogen-bond acceptors (Lipinski definition) is 2. The van der Waals surface area contributed by atoms with E-state index in [0.29, 0.717) is 5.75 Å². The maximum Gasteiger partial charge on any atom is 0.120 e. The highest BCUT2D eigenvalue weighted by Gasteiger charge is 2.07. The molecule has 0 aliphatic rings. The average molecular weight is 191 g/mol. The molecule has 1 aromatic rings. The average Bonchev–Trinajstić information content (AvgIpc) is 2.18. The largest absolute Gasteiger partial charge is 0.508 e. The molecule has 0 radical (unpaired) electrons. The second kappa shape index (κ2) is 5.45. The van der Waals surface area contributed by atoms with E-state index in [9.17, 15) is 5.11 Å². The van der Waals surface area contributed by atoms with Crippen LogP contribution in [-0.4, -0.2) is 11.7 Å². The third-order valence-corrected chi connectivity index (χ3v) is 2.20. The molecular weight excluding hydrogens is 174 g/mol. The van der Waals surface area contributed by atoms with Gasteiger partial charge in [-0.3, -0.25) is 0 Å². The van der Waals surface area contributed by atoms with Gasteiger partial charge in [-0.2, -0.15) is 0 Å². The van der Waals surface area contributed by atoms with Crippen molar-refractivity contribution in [3.05, 3.63) is 42.5 Å². The van der Waals surface area contributed by atoms with Crippen LogP contribution in [0.25, 0.3) is 0 Å². The van der Waals surface area contributed by atoms with Crippen molar-refractivity contribution in [2.45, 2.75) is 19.4 Å². The summed E-state index contributed by atoms with van der Waals surface area (Å²) in [5, 5.41) is 12.9. The van der Waals surface area contributed by atoms with Crippen molar-refractivity contribution < 1.29 is 5.11 Å². The van der Waals surface area contributed by atoms with E-state index in [-0.39, 0.29) is 6.04 Å². The SMILES string of the molecule is C=CCCNC(C)c1ccccc1O. The Balaban J connectivity index is 2.55. The molecule has 0 aromatic heterocycles. The minimum Gasteiger partial charge on any atom is -0.508 e. The Hall–Kier alpha value is -1.28. The fourth-order valence-electron chi connectivity index (χ4n) is 1.37. The van der Waals surface area contributed by atoms with E-state index in [1.54, 1.807) is 6.07 Å². The van der Waals surface area contributed by atoms with Gasteiger partial charge in [-0.1, -0.05) is 24.3 Å². The molecular formula is C12H17NO. The maximum atomic E-state index is 9.58. The highest BCUT2D eigenvalue weighted by atomic mass is 16.3. The number of hydrogen-bond donors (Lipinski definition) is 2. The van der Waals surface area contributed by atoms with Gasteiger partial charge in [-0.05, 0) is 26.0 Å². The fraction of sp³-hybridized carbons (Fsp3) is 0.333. The molecule has 0 amide bonds. The van der Waals surface area contributed by atoms with E-state index < -0.39 is 0 Å². The molecule has 0 spiro atoms. The van der Waals surface area contributed by atoms with Crippen LogP contribution in [0.3, 0.4) is 0 Å². The topological polar surface area (TPSA) is 32.3 Å². The van der Waals surface area contributed by atoms with Crippen molar-refractivity contribution in [3.63, 3.8) is 0 Å². The lowest BCUT2D eigenvalue weighted by atomic mass is 10.1. The van der Waals surface area contributed by atoms with Crippen LogP contribution in [0.2, 0.25) is 0 Å². The van der Waals surface area contributed by atoms with Crippen LogP contribution >= 0.6 is 0 Å². The van der Waals surface area contributed by atoms with Crippen molar-refractivity contribution in [2.75, 3.05) is 6.54 Å². The maximum absolute atomic E-state index is 9.58. The Labute approximate surface area is 85.3 Å². The molecule has 2 nitrogen and oxygen atoms in total. The van der Waals surface area contributed by atoms with Gasteiger partial charge in [0.2, 0.25) is 0 Å². The molecule has 0 bridgehead atoms. The van der Waals surface area contributed by atoms with Gasteiger partial charge in [0.1, 0.15) is 5.75 Å². The highest BCUT2D eigenvalue weighted by molar-refractivity contribution is 5.34. The first kappa shape index (κ1) is 10.8. The molecule has 76 valence electrons. The Morgan fingerprint density at radius 2 is 2.21 bits per heavy atom. The van der Waals surface area contributed by atoms with Crippen LogP contribution < -0.4 is 5.32 Å². The van der Waals surface area contributed by atoms with E-state index in [0.717, 1.165) is 18.5 Å². The van der Waals surface area contributed by atoms with Crippen molar-refractivity contribution >= 4 is 0 Å². The van der Waals surface area contributed by atoms with Crippen molar-refractivity contribution in [1.82, 2.24) is 5.32 Å². The number of rotatable bonds is 5. The first-order valence-electron chi connectivity index (χ1n) is 4.88. The van der Waals surface area contributed by atoms with E-state index in [2.05, 4.69) is 11.9 Å². The van der Waals surface area contributed by atoms with Gasteiger partial charge in [0.05, 0.1) is 0 Å². The lowest BCUT2D eigenvalue weighted by Crippen LogP contribution is -2.19. The van der Waals surface area contributed by atoms with Crippen LogP contribution in [-0.2, 0) is 0 Å². The van der Waals surface area contributed by atoms with E-state index in [1.165, 1.54) is 0 Å². The van der Waals surface area contributed by atoms with Gasteiger partial charge >= 0.3 is 0 Å². The van der Waals surface area contributed by atoms with Crippen LogP contribution in [0.4, 0.5) is 0 Å². The monoisotopic (exact) mass is 191 g/mol. The van der Waals surface area contributed by atoms with Crippen LogP contribution in [0.1, 0.15) is 24.9 Å². The number of para-hydroxylation sites is 1. The summed E-state index contributed by atoms with van der Waals surface area (Å²) >= 11 is 0. The summed E-state index contributed by atoms with van der Waals surface area (Å²) < 4.78 is 0. The van der Waals surface area contributed by atoms with Gasteiger partial charge in [0.15, 0.2) is 0 Å². The minimum atomic E-state index is 0.177. The molecule has 2 N–H and O–H groups in total. The summed E-state index contributed by atoms with van der Waals surface area (Å²) in [6, 6.07) is 7.58. The van der Waals surface area contributed by atoms with E-state index in [1.807, 2.05) is 31.2 Å². The summed E-state index contributed by atoms with van der Waals surface area (Å²) in [6.07, 6.45) is 2.82. The molecule has 0 fully saturated rings. The molecule has 14 heavy (non-hydrogen) atoms. The molecule has 0 aliphatic carbocycles. The summed E-state index contributed by atoms with van der Waals surface area (Å²) in [7, 11) is 0. The zero-order valence-corrected chi connectivity index (χ0v) is 8.53. The third kappa shape index (κ3) is 2.89. The number of aromatic hydroxyl groups is 1. The van der Waals surface area contributed by atoms with Crippen molar-refractivity contribution in [2.24, 2.45) is 0 Å². The molecule has 0 saturated heterocycles. The lowest BCUT2D eigenvalue weighted by Gasteiger charge is -2.14. The van der Waals surface area contributed by atoms with Crippen molar-refractivity contribution in [3.8, 4) is 5.75 Å². The molecule has 2 heteroatoms. The molecule has 1 unspecified atom stereocenters. The first-order chi connectivity index (χ1) is 6.75. The minimum absolute atomic E-state index is 0.177. The summed E-state index contributed by atoms with van der Waals surface area (Å²) in [5.74, 6) is 0.353. The Bertz CT molecular complexity index is 296. The summed E-state index contributed by atoms with van der Waals surface area (Å²) in [4.78, 5) is 0.